The van der Waals surface area contributed by atoms with E-state index in [1.54, 1.807) is 0 Å². The molecule has 0 amide bonds. The molecule has 0 aromatic carbocycles. The van der Waals surface area contributed by atoms with Crippen molar-refractivity contribution >= 4 is 11.6 Å². The van der Waals surface area contributed by atoms with E-state index < -0.39 is 6.10 Å². The third kappa shape index (κ3) is 2.59. The summed E-state index contributed by atoms with van der Waals surface area (Å²) in [5.74, 6) is 0.263. The Balaban J connectivity index is 2.32. The van der Waals surface area contributed by atoms with Crippen LogP contribution in [-0.2, 0) is 0 Å². The van der Waals surface area contributed by atoms with E-state index in [0.717, 1.165) is 6.42 Å². The number of halogens is 1. The van der Waals surface area contributed by atoms with Gasteiger partial charge < -0.3 is 10.2 Å². The minimum absolute atomic E-state index is 0.234. The van der Waals surface area contributed by atoms with Crippen LogP contribution in [0.2, 0.25) is 0 Å². The molecule has 3 unspecified atom stereocenters. The lowest BCUT2D eigenvalue weighted by Crippen LogP contribution is -2.36. The van der Waals surface area contributed by atoms with Gasteiger partial charge in [0.1, 0.15) is 0 Å². The summed E-state index contributed by atoms with van der Waals surface area (Å²) >= 11 is 5.48. The largest absolute Gasteiger partial charge is 0.392 e. The molecule has 1 aliphatic heterocycles. The quantitative estimate of drug-likeness (QED) is 0.623. The lowest BCUT2D eigenvalue weighted by molar-refractivity contribution is 0.115. The van der Waals surface area contributed by atoms with Crippen LogP contribution in [0.15, 0.2) is 0 Å². The molecular formula is C8H16ClNO2. The van der Waals surface area contributed by atoms with Crippen LogP contribution < -0.4 is 0 Å². The molecule has 3 nitrogen and oxygen atoms in total. The van der Waals surface area contributed by atoms with Crippen molar-refractivity contribution in [2.45, 2.75) is 31.6 Å². The standard InChI is InChI=1S/C8H16ClNO2/c1-6-2-7(11)4-10(6)5-8(12)3-9/h6-8,11-12H,2-5H2,1H3. The predicted molar refractivity (Wildman–Crippen MR) is 48.4 cm³/mol. The Hall–Kier alpha value is 0.170. The van der Waals surface area contributed by atoms with Gasteiger partial charge in [0, 0.05) is 25.0 Å². The van der Waals surface area contributed by atoms with Crippen LogP contribution in [0.3, 0.4) is 0 Å². The molecular weight excluding hydrogens is 178 g/mol. The highest BCUT2D eigenvalue weighted by molar-refractivity contribution is 6.18. The van der Waals surface area contributed by atoms with Crippen LogP contribution in [0.1, 0.15) is 13.3 Å². The fraction of sp³-hybridized carbons (Fsp3) is 1.00. The molecule has 0 spiro atoms. The van der Waals surface area contributed by atoms with Crippen LogP contribution in [0.4, 0.5) is 0 Å². The van der Waals surface area contributed by atoms with Gasteiger partial charge in [-0.05, 0) is 13.3 Å². The van der Waals surface area contributed by atoms with Gasteiger partial charge >= 0.3 is 0 Å². The highest BCUT2D eigenvalue weighted by Gasteiger charge is 2.28. The van der Waals surface area contributed by atoms with Gasteiger partial charge in [-0.25, -0.2) is 0 Å². The molecule has 1 rings (SSSR count). The van der Waals surface area contributed by atoms with Crippen molar-refractivity contribution in [1.29, 1.82) is 0 Å². The first kappa shape index (κ1) is 10.3. The van der Waals surface area contributed by atoms with Gasteiger partial charge in [-0.1, -0.05) is 0 Å². The fourth-order valence-corrected chi connectivity index (χ4v) is 1.74. The maximum Gasteiger partial charge on any atom is 0.0802 e. The van der Waals surface area contributed by atoms with E-state index in [1.165, 1.54) is 0 Å². The average molecular weight is 194 g/mol. The molecule has 1 fully saturated rings. The topological polar surface area (TPSA) is 43.7 Å². The normalized spacial score (nSPS) is 34.0. The molecule has 1 aliphatic rings. The Labute approximate surface area is 77.9 Å². The molecule has 0 aliphatic carbocycles. The van der Waals surface area contributed by atoms with Gasteiger partial charge in [0.05, 0.1) is 12.2 Å². The molecule has 12 heavy (non-hydrogen) atoms. The van der Waals surface area contributed by atoms with E-state index in [0.29, 0.717) is 19.1 Å². The Morgan fingerprint density at radius 3 is 2.75 bits per heavy atom. The molecule has 0 aromatic heterocycles. The minimum Gasteiger partial charge on any atom is -0.392 e. The minimum atomic E-state index is -0.473. The molecule has 4 heteroatoms. The monoisotopic (exact) mass is 193 g/mol. The third-order valence-corrected chi connectivity index (χ3v) is 2.66. The molecule has 0 aromatic rings. The van der Waals surface area contributed by atoms with Crippen LogP contribution in [0.5, 0.6) is 0 Å². The van der Waals surface area contributed by atoms with Gasteiger partial charge in [0.2, 0.25) is 0 Å². The van der Waals surface area contributed by atoms with Gasteiger partial charge in [-0.3, -0.25) is 4.90 Å². The third-order valence-electron chi connectivity index (χ3n) is 2.31. The number of likely N-dealkylation sites (tertiary alicyclic amines) is 1. The van der Waals surface area contributed by atoms with Crippen LogP contribution >= 0.6 is 11.6 Å². The van der Waals surface area contributed by atoms with Crippen LogP contribution in [0, 0.1) is 0 Å². The first-order valence-electron chi connectivity index (χ1n) is 4.29. The SMILES string of the molecule is CC1CC(O)CN1CC(O)CCl. The van der Waals surface area contributed by atoms with Gasteiger partial charge in [0.15, 0.2) is 0 Å². The summed E-state index contributed by atoms with van der Waals surface area (Å²) in [6.45, 7) is 3.29. The summed E-state index contributed by atoms with van der Waals surface area (Å²) in [7, 11) is 0. The summed E-state index contributed by atoms with van der Waals surface area (Å²) in [5, 5.41) is 18.6. The fourth-order valence-electron chi connectivity index (χ4n) is 1.64. The van der Waals surface area contributed by atoms with Crippen molar-refractivity contribution in [3.8, 4) is 0 Å². The van der Waals surface area contributed by atoms with Gasteiger partial charge in [0.25, 0.3) is 0 Å². The maximum absolute atomic E-state index is 9.30. The second kappa shape index (κ2) is 4.42. The van der Waals surface area contributed by atoms with E-state index >= 15 is 0 Å². The lowest BCUT2D eigenvalue weighted by Gasteiger charge is -2.22. The first-order chi connectivity index (χ1) is 5.63. The van der Waals surface area contributed by atoms with E-state index in [-0.39, 0.29) is 12.0 Å². The first-order valence-corrected chi connectivity index (χ1v) is 4.83. The van der Waals surface area contributed by atoms with Gasteiger partial charge in [-0.2, -0.15) is 0 Å². The smallest absolute Gasteiger partial charge is 0.0802 e. The van der Waals surface area contributed by atoms with E-state index in [1.807, 2.05) is 0 Å². The van der Waals surface area contributed by atoms with Crippen molar-refractivity contribution < 1.29 is 10.2 Å². The zero-order valence-electron chi connectivity index (χ0n) is 7.28. The number of nitrogens with zero attached hydrogens (tertiary/aromatic N) is 1. The maximum atomic E-state index is 9.30. The molecule has 0 saturated carbocycles. The number of aliphatic hydroxyl groups is 2. The molecule has 1 saturated heterocycles. The van der Waals surface area contributed by atoms with E-state index in [4.69, 9.17) is 11.6 Å². The van der Waals surface area contributed by atoms with Crippen molar-refractivity contribution in [2.75, 3.05) is 19.0 Å². The number of rotatable bonds is 3. The Kier molecular flexibility index (Phi) is 3.77. The highest BCUT2D eigenvalue weighted by Crippen LogP contribution is 2.17. The van der Waals surface area contributed by atoms with Crippen LogP contribution in [-0.4, -0.2) is 52.3 Å². The van der Waals surface area contributed by atoms with Crippen molar-refractivity contribution in [1.82, 2.24) is 4.90 Å². The van der Waals surface area contributed by atoms with Crippen molar-refractivity contribution in [2.24, 2.45) is 0 Å². The Morgan fingerprint density at radius 2 is 2.33 bits per heavy atom. The predicted octanol–water partition coefficient (Wildman–Crippen LogP) is 0.0412. The highest BCUT2D eigenvalue weighted by atomic mass is 35.5. The zero-order valence-corrected chi connectivity index (χ0v) is 8.04. The molecule has 1 heterocycles. The summed E-state index contributed by atoms with van der Waals surface area (Å²) in [6, 6.07) is 0.359. The molecule has 2 N–H and O–H groups in total. The van der Waals surface area contributed by atoms with Gasteiger partial charge in [-0.15, -0.1) is 11.6 Å². The molecule has 0 bridgehead atoms. The second-order valence-corrected chi connectivity index (χ2v) is 3.81. The number of alkyl halides is 1. The summed E-state index contributed by atoms with van der Waals surface area (Å²) in [4.78, 5) is 2.07. The van der Waals surface area contributed by atoms with Crippen LogP contribution in [0.25, 0.3) is 0 Å². The number of hydrogen-bond donors (Lipinski definition) is 2. The Bertz CT molecular complexity index is 145. The molecule has 0 radical (unpaired) electrons. The summed E-state index contributed by atoms with van der Waals surface area (Å²) in [5.41, 5.74) is 0. The number of hydrogen-bond acceptors (Lipinski definition) is 3. The zero-order chi connectivity index (χ0) is 9.14. The number of aliphatic hydroxyl groups excluding tert-OH is 2. The second-order valence-electron chi connectivity index (χ2n) is 3.50. The average Bonchev–Trinajstić information content (AvgIpc) is 2.30. The van der Waals surface area contributed by atoms with E-state index in [9.17, 15) is 10.2 Å². The van der Waals surface area contributed by atoms with Crippen molar-refractivity contribution in [3.05, 3.63) is 0 Å². The molecule has 72 valence electrons. The summed E-state index contributed by atoms with van der Waals surface area (Å²) < 4.78 is 0. The molecule has 3 atom stereocenters. The van der Waals surface area contributed by atoms with E-state index in [2.05, 4.69) is 11.8 Å². The summed E-state index contributed by atoms with van der Waals surface area (Å²) in [6.07, 6.45) is 0.0941. The Morgan fingerprint density at radius 1 is 1.67 bits per heavy atom. The van der Waals surface area contributed by atoms with Crippen molar-refractivity contribution in [3.63, 3.8) is 0 Å². The number of β-amino-alcohol motifs (C(OH)–C–C–N with tert-alkyl or cyclic N) is 2. The lowest BCUT2D eigenvalue weighted by atomic mass is 10.2.